The van der Waals surface area contributed by atoms with Crippen LogP contribution in [0.2, 0.25) is 0 Å². The summed E-state index contributed by atoms with van der Waals surface area (Å²) in [5, 5.41) is 13.2. The summed E-state index contributed by atoms with van der Waals surface area (Å²) in [7, 11) is 0. The van der Waals surface area contributed by atoms with Crippen LogP contribution in [0.3, 0.4) is 0 Å². The number of amides is 1. The zero-order chi connectivity index (χ0) is 14.5. The predicted molar refractivity (Wildman–Crippen MR) is 74.1 cm³/mol. The monoisotopic (exact) mass is 275 g/mol. The lowest BCUT2D eigenvalue weighted by atomic mass is 10.1. The largest absolute Gasteiger partial charge is 0.467 e. The van der Waals surface area contributed by atoms with Crippen molar-refractivity contribution in [3.05, 3.63) is 48.2 Å². The summed E-state index contributed by atoms with van der Waals surface area (Å²) in [5.41, 5.74) is 6.11. The van der Waals surface area contributed by atoms with Crippen molar-refractivity contribution in [1.29, 1.82) is 0 Å². The minimum Gasteiger partial charge on any atom is -0.467 e. The second-order valence-corrected chi connectivity index (χ2v) is 4.61. The highest BCUT2D eigenvalue weighted by atomic mass is 16.4. The van der Waals surface area contributed by atoms with Gasteiger partial charge in [0.15, 0.2) is 0 Å². The molecule has 2 aromatic rings. The Kier molecular flexibility index (Phi) is 4.37. The molecule has 6 heteroatoms. The molecule has 0 aliphatic rings. The molecule has 2 atom stereocenters. The summed E-state index contributed by atoms with van der Waals surface area (Å²) in [6, 6.07) is 6.77. The summed E-state index contributed by atoms with van der Waals surface area (Å²) < 4.78 is 5.15. The number of hydrogen-bond acceptors (Lipinski definition) is 5. The molecule has 2 rings (SSSR count). The van der Waals surface area contributed by atoms with Gasteiger partial charge in [0.05, 0.1) is 6.26 Å². The molecular formula is C14H17N3O3. The molecule has 2 aromatic heterocycles. The van der Waals surface area contributed by atoms with E-state index in [1.54, 1.807) is 24.3 Å². The highest BCUT2D eigenvalue weighted by molar-refractivity contribution is 5.91. The highest BCUT2D eigenvalue weighted by Gasteiger charge is 2.15. The predicted octanol–water partition coefficient (Wildman–Crippen LogP) is 1.70. The van der Waals surface area contributed by atoms with Crippen molar-refractivity contribution in [3.63, 3.8) is 0 Å². The summed E-state index contributed by atoms with van der Waals surface area (Å²) >= 11 is 0. The first-order chi connectivity index (χ1) is 9.56. The van der Waals surface area contributed by atoms with Gasteiger partial charge >= 0.3 is 0 Å². The number of rotatable bonds is 6. The molecule has 6 nitrogen and oxygen atoms in total. The van der Waals surface area contributed by atoms with E-state index in [2.05, 4.69) is 10.3 Å². The van der Waals surface area contributed by atoms with Crippen LogP contribution >= 0.6 is 0 Å². The number of nitrogens with one attached hydrogen (secondary N) is 1. The quantitative estimate of drug-likeness (QED) is 0.744. The van der Waals surface area contributed by atoms with Crippen LogP contribution in [0.1, 0.15) is 35.7 Å². The van der Waals surface area contributed by atoms with Crippen molar-refractivity contribution in [2.24, 2.45) is 5.73 Å². The maximum Gasteiger partial charge on any atom is 0.267 e. The van der Waals surface area contributed by atoms with Gasteiger partial charge in [-0.05, 0) is 31.2 Å². The number of hydrogen-bond donors (Lipinski definition) is 3. The van der Waals surface area contributed by atoms with Gasteiger partial charge in [0.25, 0.3) is 5.91 Å². The van der Waals surface area contributed by atoms with Crippen LogP contribution < -0.4 is 11.1 Å². The van der Waals surface area contributed by atoms with Crippen LogP contribution in [-0.4, -0.2) is 22.0 Å². The van der Waals surface area contributed by atoms with Crippen molar-refractivity contribution in [3.8, 4) is 0 Å². The number of primary amides is 1. The van der Waals surface area contributed by atoms with E-state index >= 15 is 0 Å². The molecule has 0 saturated heterocycles. The zero-order valence-corrected chi connectivity index (χ0v) is 11.1. The lowest BCUT2D eigenvalue weighted by Crippen LogP contribution is -2.19. The zero-order valence-electron chi connectivity index (χ0n) is 11.1. The summed E-state index contributed by atoms with van der Waals surface area (Å²) in [4.78, 5) is 14.9. The number of anilines is 1. The summed E-state index contributed by atoms with van der Waals surface area (Å²) in [5.74, 6) is -0.0388. The van der Waals surface area contributed by atoms with Gasteiger partial charge in [0, 0.05) is 24.3 Å². The highest BCUT2D eigenvalue weighted by Crippen LogP contribution is 2.20. The molecule has 0 unspecified atom stereocenters. The second kappa shape index (κ2) is 6.21. The summed E-state index contributed by atoms with van der Waals surface area (Å²) in [6.45, 7) is 1.93. The van der Waals surface area contributed by atoms with Gasteiger partial charge in [-0.15, -0.1) is 0 Å². The van der Waals surface area contributed by atoms with Crippen molar-refractivity contribution in [2.75, 3.05) is 5.32 Å². The third-order valence-electron chi connectivity index (χ3n) is 2.87. The fourth-order valence-electron chi connectivity index (χ4n) is 1.93. The molecule has 0 spiro atoms. The average molecular weight is 275 g/mol. The van der Waals surface area contributed by atoms with Crippen LogP contribution in [0.25, 0.3) is 0 Å². The fraction of sp³-hybridized carbons (Fsp3) is 0.286. The number of aromatic nitrogens is 1. The van der Waals surface area contributed by atoms with Crippen molar-refractivity contribution in [2.45, 2.75) is 25.5 Å². The van der Waals surface area contributed by atoms with Gasteiger partial charge in [0.1, 0.15) is 17.6 Å². The van der Waals surface area contributed by atoms with Gasteiger partial charge in [-0.2, -0.15) is 0 Å². The Morgan fingerprint density at radius 1 is 1.55 bits per heavy atom. The number of pyridine rings is 1. The molecule has 0 saturated carbocycles. The molecular weight excluding hydrogens is 258 g/mol. The number of carbonyl (C=O) groups is 1. The van der Waals surface area contributed by atoms with Gasteiger partial charge in [0.2, 0.25) is 0 Å². The van der Waals surface area contributed by atoms with E-state index in [4.69, 9.17) is 10.2 Å². The fourth-order valence-corrected chi connectivity index (χ4v) is 1.93. The molecule has 1 amide bonds. The average Bonchev–Trinajstić information content (AvgIpc) is 2.92. The van der Waals surface area contributed by atoms with E-state index in [0.717, 1.165) is 5.69 Å². The van der Waals surface area contributed by atoms with Crippen LogP contribution in [-0.2, 0) is 0 Å². The smallest absolute Gasteiger partial charge is 0.267 e. The van der Waals surface area contributed by atoms with Crippen LogP contribution in [0, 0.1) is 0 Å². The summed E-state index contributed by atoms with van der Waals surface area (Å²) in [6.07, 6.45) is 2.84. The number of carbonyl (C=O) groups excluding carboxylic acids is 1. The van der Waals surface area contributed by atoms with Gasteiger partial charge in [-0.1, -0.05) is 0 Å². The van der Waals surface area contributed by atoms with Crippen molar-refractivity contribution in [1.82, 2.24) is 4.98 Å². The third-order valence-corrected chi connectivity index (χ3v) is 2.87. The minimum atomic E-state index is -0.676. The number of furan rings is 1. The van der Waals surface area contributed by atoms with E-state index in [0.29, 0.717) is 12.2 Å². The normalized spacial score (nSPS) is 13.7. The van der Waals surface area contributed by atoms with E-state index in [1.165, 1.54) is 12.5 Å². The Balaban J connectivity index is 1.96. The Morgan fingerprint density at radius 3 is 3.00 bits per heavy atom. The first-order valence-electron chi connectivity index (χ1n) is 6.30. The number of aliphatic hydroxyl groups is 1. The lowest BCUT2D eigenvalue weighted by molar-refractivity contribution is 0.0995. The topological polar surface area (TPSA) is 101 Å². The Bertz CT molecular complexity index is 569. The molecule has 0 aromatic carbocycles. The SMILES string of the molecule is C[C@@H](C[C@H](O)c1ccco1)Nc1ccnc(C(N)=O)c1. The van der Waals surface area contributed by atoms with Gasteiger partial charge in [-0.3, -0.25) is 9.78 Å². The van der Waals surface area contributed by atoms with Crippen LogP contribution in [0.4, 0.5) is 5.69 Å². The van der Waals surface area contributed by atoms with E-state index in [-0.39, 0.29) is 11.7 Å². The molecule has 0 fully saturated rings. The van der Waals surface area contributed by atoms with Crippen molar-refractivity contribution >= 4 is 11.6 Å². The molecule has 0 aliphatic heterocycles. The third kappa shape index (κ3) is 3.58. The standard InChI is InChI=1S/C14H17N3O3/c1-9(7-12(18)13-3-2-6-20-13)17-10-4-5-16-11(8-10)14(15)19/h2-6,8-9,12,18H,7H2,1H3,(H2,15,19)(H,16,17)/t9-,12-/m0/s1. The maximum absolute atomic E-state index is 11.1. The molecule has 4 N–H and O–H groups in total. The van der Waals surface area contributed by atoms with Crippen molar-refractivity contribution < 1.29 is 14.3 Å². The van der Waals surface area contributed by atoms with E-state index in [1.807, 2.05) is 6.92 Å². The van der Waals surface area contributed by atoms with Gasteiger partial charge in [-0.25, -0.2) is 0 Å². The minimum absolute atomic E-state index is 0.0155. The van der Waals surface area contributed by atoms with E-state index in [9.17, 15) is 9.90 Å². The molecule has 20 heavy (non-hydrogen) atoms. The maximum atomic E-state index is 11.1. The lowest BCUT2D eigenvalue weighted by Gasteiger charge is -2.18. The molecule has 0 radical (unpaired) electrons. The second-order valence-electron chi connectivity index (χ2n) is 4.61. The molecule has 2 heterocycles. The molecule has 106 valence electrons. The van der Waals surface area contributed by atoms with E-state index < -0.39 is 12.0 Å². The first-order valence-corrected chi connectivity index (χ1v) is 6.30. The van der Waals surface area contributed by atoms with Crippen LogP contribution in [0.5, 0.6) is 0 Å². The Hall–Kier alpha value is -2.34. The molecule has 0 aliphatic carbocycles. The Labute approximate surface area is 116 Å². The van der Waals surface area contributed by atoms with Crippen LogP contribution in [0.15, 0.2) is 41.1 Å². The number of nitrogens with zero attached hydrogens (tertiary/aromatic N) is 1. The Morgan fingerprint density at radius 2 is 2.35 bits per heavy atom. The first kappa shape index (κ1) is 14.1. The van der Waals surface area contributed by atoms with Gasteiger partial charge < -0.3 is 20.6 Å². The number of nitrogens with two attached hydrogens (primary N) is 1. The number of aliphatic hydroxyl groups excluding tert-OH is 1. The molecule has 0 bridgehead atoms.